The van der Waals surface area contributed by atoms with Gasteiger partial charge in [-0.3, -0.25) is 4.98 Å². The Morgan fingerprint density at radius 1 is 0.556 bits per heavy atom. The molecule has 0 bridgehead atoms. The summed E-state index contributed by atoms with van der Waals surface area (Å²) in [6.07, 6.45) is 9.88. The summed E-state index contributed by atoms with van der Waals surface area (Å²) in [5.74, 6) is 0.398. The van der Waals surface area contributed by atoms with Crippen LogP contribution in [0, 0.1) is 5.92 Å². The van der Waals surface area contributed by atoms with Crippen molar-refractivity contribution >= 4 is 43.5 Å². The van der Waals surface area contributed by atoms with E-state index < -0.39 is 5.41 Å². The molecule has 2 aliphatic carbocycles. The Labute approximate surface area is 314 Å². The lowest BCUT2D eigenvalue weighted by Crippen LogP contribution is -2.33. The van der Waals surface area contributed by atoms with E-state index in [-0.39, 0.29) is 0 Å². The number of fused-ring (bicyclic) bond motifs is 8. The van der Waals surface area contributed by atoms with Crippen LogP contribution >= 0.6 is 0 Å². The number of aromatic nitrogens is 2. The zero-order valence-corrected chi connectivity index (χ0v) is 30.0. The number of rotatable bonds is 4. The molecule has 0 spiro atoms. The van der Waals surface area contributed by atoms with Crippen molar-refractivity contribution in [2.45, 2.75) is 18.8 Å². The molecule has 0 aliphatic heterocycles. The molecule has 2 atom stereocenters. The Bertz CT molecular complexity index is 3040. The fraction of sp³-hybridized carbons (Fsp3) is 0.0769. The van der Waals surface area contributed by atoms with Crippen LogP contribution in [0.15, 0.2) is 188 Å². The van der Waals surface area contributed by atoms with Crippen molar-refractivity contribution in [2.75, 3.05) is 0 Å². The van der Waals surface area contributed by atoms with E-state index in [1.807, 2.05) is 12.3 Å². The first-order valence-electron chi connectivity index (χ1n) is 19.0. The van der Waals surface area contributed by atoms with Crippen LogP contribution in [-0.4, -0.2) is 9.97 Å². The Kier molecular flexibility index (Phi) is 6.84. The van der Waals surface area contributed by atoms with Crippen LogP contribution in [0.4, 0.5) is 0 Å². The van der Waals surface area contributed by atoms with E-state index in [2.05, 4.69) is 177 Å². The lowest BCUT2D eigenvalue weighted by molar-refractivity contribution is 0.576. The summed E-state index contributed by atoms with van der Waals surface area (Å²) in [6, 6.07) is 58.1. The second-order valence-corrected chi connectivity index (χ2v) is 14.9. The van der Waals surface area contributed by atoms with E-state index in [1.54, 1.807) is 0 Å². The molecule has 7 aromatic carbocycles. The predicted molar refractivity (Wildman–Crippen MR) is 226 cm³/mol. The van der Waals surface area contributed by atoms with Gasteiger partial charge in [-0.25, -0.2) is 4.98 Å². The predicted octanol–water partition coefficient (Wildman–Crippen LogP) is 13.3. The number of hydrogen-bond donors (Lipinski definition) is 0. The average molecular weight is 689 g/mol. The second kappa shape index (κ2) is 11.9. The average Bonchev–Trinajstić information content (AvgIpc) is 3.53. The van der Waals surface area contributed by atoms with Crippen LogP contribution < -0.4 is 0 Å². The largest absolute Gasteiger partial charge is 0.254 e. The summed E-state index contributed by atoms with van der Waals surface area (Å²) < 4.78 is 0. The molecule has 0 N–H and O–H groups in total. The Balaban J connectivity index is 1.18. The molecule has 0 fully saturated rings. The molecule has 0 amide bonds. The normalized spacial score (nSPS) is 17.6. The van der Waals surface area contributed by atoms with E-state index in [4.69, 9.17) is 9.97 Å². The number of pyridine rings is 2. The number of para-hydroxylation sites is 1. The molecular weight excluding hydrogens is 653 g/mol. The van der Waals surface area contributed by atoms with Gasteiger partial charge in [-0.2, -0.15) is 0 Å². The first kappa shape index (κ1) is 30.9. The minimum atomic E-state index is -0.394. The van der Waals surface area contributed by atoms with Crippen molar-refractivity contribution in [3.63, 3.8) is 0 Å². The molecule has 2 aromatic heterocycles. The van der Waals surface area contributed by atoms with Crippen molar-refractivity contribution in [1.29, 1.82) is 0 Å². The highest BCUT2D eigenvalue weighted by molar-refractivity contribution is 6.20. The van der Waals surface area contributed by atoms with Gasteiger partial charge in [0.2, 0.25) is 0 Å². The van der Waals surface area contributed by atoms with Gasteiger partial charge in [0.25, 0.3) is 0 Å². The van der Waals surface area contributed by atoms with Gasteiger partial charge in [0.1, 0.15) is 0 Å². The Hall–Kier alpha value is -6.64. The second-order valence-electron chi connectivity index (χ2n) is 14.9. The summed E-state index contributed by atoms with van der Waals surface area (Å²) in [7, 11) is 0. The number of nitrogens with zero attached hydrogens (tertiary/aromatic N) is 2. The Morgan fingerprint density at radius 2 is 1.28 bits per heavy atom. The van der Waals surface area contributed by atoms with Crippen LogP contribution in [0.5, 0.6) is 0 Å². The molecular formula is C52H36N2. The van der Waals surface area contributed by atoms with Crippen LogP contribution in [0.3, 0.4) is 0 Å². The monoisotopic (exact) mass is 688 g/mol. The summed E-state index contributed by atoms with van der Waals surface area (Å²) in [4.78, 5) is 10.0. The molecule has 2 unspecified atom stereocenters. The zero-order valence-electron chi connectivity index (χ0n) is 30.0. The molecule has 2 heteroatoms. The minimum Gasteiger partial charge on any atom is -0.254 e. The molecule has 11 rings (SSSR count). The quantitative estimate of drug-likeness (QED) is 0.136. The van der Waals surface area contributed by atoms with E-state index >= 15 is 0 Å². The van der Waals surface area contributed by atoms with Gasteiger partial charge < -0.3 is 0 Å². The summed E-state index contributed by atoms with van der Waals surface area (Å²) >= 11 is 0. The molecule has 54 heavy (non-hydrogen) atoms. The SMILES string of the molecule is CC1CC=CC=C1C1(c2ccccc2)c2ccccc2-c2ccc(-c3ccc(-c4c5ccccc5nc5c4ccc4cccnc45)c4ccccc34)cc21. The molecule has 9 aromatic rings. The minimum absolute atomic E-state index is 0.394. The van der Waals surface area contributed by atoms with Crippen LogP contribution in [-0.2, 0) is 5.41 Å². The maximum absolute atomic E-state index is 5.20. The fourth-order valence-electron chi connectivity index (χ4n) is 9.72. The van der Waals surface area contributed by atoms with Gasteiger partial charge in [-0.05, 0) is 91.4 Å². The van der Waals surface area contributed by atoms with Gasteiger partial charge in [0.05, 0.1) is 22.0 Å². The topological polar surface area (TPSA) is 25.8 Å². The van der Waals surface area contributed by atoms with Crippen molar-refractivity contribution < 1.29 is 0 Å². The number of benzene rings is 7. The van der Waals surface area contributed by atoms with Crippen molar-refractivity contribution in [3.05, 3.63) is 204 Å². The van der Waals surface area contributed by atoms with E-state index in [0.29, 0.717) is 5.92 Å². The first-order valence-corrected chi connectivity index (χ1v) is 19.0. The van der Waals surface area contributed by atoms with Gasteiger partial charge in [0, 0.05) is 27.9 Å². The summed E-state index contributed by atoms with van der Waals surface area (Å²) in [5, 5.41) is 5.81. The third-order valence-electron chi connectivity index (χ3n) is 12.0. The highest BCUT2D eigenvalue weighted by Gasteiger charge is 2.48. The number of allylic oxidation sites excluding steroid dienone is 4. The smallest absolute Gasteiger partial charge is 0.0978 e. The maximum Gasteiger partial charge on any atom is 0.0978 e. The third-order valence-corrected chi connectivity index (χ3v) is 12.0. The molecule has 2 nitrogen and oxygen atoms in total. The zero-order chi connectivity index (χ0) is 35.8. The van der Waals surface area contributed by atoms with Gasteiger partial charge in [-0.15, -0.1) is 0 Å². The van der Waals surface area contributed by atoms with Crippen LogP contribution in [0.1, 0.15) is 30.0 Å². The van der Waals surface area contributed by atoms with Gasteiger partial charge in [-0.1, -0.05) is 165 Å². The van der Waals surface area contributed by atoms with Crippen LogP contribution in [0.25, 0.3) is 76.9 Å². The van der Waals surface area contributed by atoms with E-state index in [9.17, 15) is 0 Å². The standard InChI is InChI=1S/C52H36N2/c1-33-14-5-10-22-45(33)52(36-16-3-2-4-17-36)46-23-11-8-20-40(46)41-27-26-35(32-47(41)52)37-29-30-42(39-19-7-6-18-38(37)39)49-43-21-9-12-24-48(43)54-51-44(49)28-25-34-15-13-31-53-50(34)51/h2-13,15-33H,14H2,1H3. The van der Waals surface area contributed by atoms with Crippen molar-refractivity contribution in [2.24, 2.45) is 5.92 Å². The lowest BCUT2D eigenvalue weighted by atomic mass is 9.62. The maximum atomic E-state index is 5.20. The third kappa shape index (κ3) is 4.34. The van der Waals surface area contributed by atoms with Crippen LogP contribution in [0.2, 0.25) is 0 Å². The molecule has 0 saturated heterocycles. The van der Waals surface area contributed by atoms with E-state index in [0.717, 1.165) is 39.1 Å². The molecule has 2 aliphatic rings. The fourth-order valence-corrected chi connectivity index (χ4v) is 9.72. The van der Waals surface area contributed by atoms with Gasteiger partial charge >= 0.3 is 0 Å². The van der Waals surface area contributed by atoms with Gasteiger partial charge in [0.15, 0.2) is 0 Å². The molecule has 0 radical (unpaired) electrons. The van der Waals surface area contributed by atoms with E-state index in [1.165, 1.54) is 66.4 Å². The summed E-state index contributed by atoms with van der Waals surface area (Å²) in [6.45, 7) is 2.39. The van der Waals surface area contributed by atoms with Crippen molar-refractivity contribution in [3.8, 4) is 33.4 Å². The molecule has 0 saturated carbocycles. The summed E-state index contributed by atoms with van der Waals surface area (Å²) in [5.41, 5.74) is 15.5. The highest BCUT2D eigenvalue weighted by Crippen LogP contribution is 2.59. The number of hydrogen-bond acceptors (Lipinski definition) is 2. The lowest BCUT2D eigenvalue weighted by Gasteiger charge is -2.39. The molecule has 254 valence electrons. The highest BCUT2D eigenvalue weighted by atomic mass is 14.7. The first-order chi connectivity index (χ1) is 26.7. The Morgan fingerprint density at radius 3 is 2.15 bits per heavy atom. The van der Waals surface area contributed by atoms with Crippen molar-refractivity contribution in [1.82, 2.24) is 9.97 Å². The molecule has 2 heterocycles.